The van der Waals surface area contributed by atoms with E-state index in [1.54, 1.807) is 0 Å². The van der Waals surface area contributed by atoms with Gasteiger partial charge in [0.1, 0.15) is 5.78 Å². The fourth-order valence-electron chi connectivity index (χ4n) is 6.29. The molecule has 5 rings (SSSR count). The normalized spacial score (nSPS) is 30.7. The van der Waals surface area contributed by atoms with Crippen molar-refractivity contribution in [2.24, 2.45) is 28.7 Å². The maximum Gasteiger partial charge on any atom is 0.137 e. The van der Waals surface area contributed by atoms with Crippen LogP contribution in [0.3, 0.4) is 0 Å². The number of nitrogens with zero attached hydrogens (tertiary/aromatic N) is 1. The van der Waals surface area contributed by atoms with Gasteiger partial charge >= 0.3 is 0 Å². The Morgan fingerprint density at radius 2 is 1.87 bits per heavy atom. The summed E-state index contributed by atoms with van der Waals surface area (Å²) in [5, 5.41) is 0. The summed E-state index contributed by atoms with van der Waals surface area (Å²) in [5.74, 6) is 3.51. The van der Waals surface area contributed by atoms with Gasteiger partial charge < -0.3 is 0 Å². The van der Waals surface area contributed by atoms with Crippen LogP contribution in [-0.2, 0) is 11.2 Å². The van der Waals surface area contributed by atoms with Gasteiger partial charge in [0.15, 0.2) is 0 Å². The van der Waals surface area contributed by atoms with Crippen LogP contribution in [0.1, 0.15) is 88.2 Å². The van der Waals surface area contributed by atoms with Crippen molar-refractivity contribution < 1.29 is 4.79 Å². The molecule has 0 saturated heterocycles. The van der Waals surface area contributed by atoms with E-state index in [2.05, 4.69) is 49.6 Å². The van der Waals surface area contributed by atoms with Crippen LogP contribution in [0.2, 0.25) is 0 Å². The van der Waals surface area contributed by atoms with Gasteiger partial charge in [0, 0.05) is 30.7 Å². The predicted octanol–water partition coefficient (Wildman–Crippen LogP) is 7.20. The molecule has 4 atom stereocenters. The lowest BCUT2D eigenvalue weighted by molar-refractivity contribution is -0.119. The molecule has 4 aliphatic rings. The monoisotopic (exact) mass is 415 g/mol. The van der Waals surface area contributed by atoms with Crippen LogP contribution < -0.4 is 0 Å². The minimum Gasteiger partial charge on any atom is -0.299 e. The largest absolute Gasteiger partial charge is 0.299 e. The Morgan fingerprint density at radius 3 is 2.71 bits per heavy atom. The number of Topliss-reactive ketones (excluding diaryl/α,β-unsaturated/α-hetero) is 1. The number of carbonyl (C=O) groups excluding carboxylic acids is 1. The first-order valence-electron chi connectivity index (χ1n) is 12.7. The molecule has 0 amide bonds. The van der Waals surface area contributed by atoms with Gasteiger partial charge in [-0.3, -0.25) is 9.79 Å². The summed E-state index contributed by atoms with van der Waals surface area (Å²) < 4.78 is 0. The van der Waals surface area contributed by atoms with E-state index >= 15 is 0 Å². The zero-order chi connectivity index (χ0) is 21.2. The van der Waals surface area contributed by atoms with Gasteiger partial charge in [-0.1, -0.05) is 69.0 Å². The average molecular weight is 416 g/mol. The predicted molar refractivity (Wildman–Crippen MR) is 128 cm³/mol. The molecule has 1 aliphatic heterocycles. The maximum atomic E-state index is 12.5. The van der Waals surface area contributed by atoms with E-state index in [1.165, 1.54) is 80.2 Å². The van der Waals surface area contributed by atoms with Gasteiger partial charge in [0.05, 0.1) is 0 Å². The molecule has 2 nitrogen and oxygen atoms in total. The molecular weight excluding hydrogens is 378 g/mol. The highest BCUT2D eigenvalue weighted by atomic mass is 16.1. The smallest absolute Gasteiger partial charge is 0.137 e. The molecule has 0 aromatic heterocycles. The highest BCUT2D eigenvalue weighted by Gasteiger charge is 2.31. The first-order chi connectivity index (χ1) is 15.2. The molecule has 2 saturated carbocycles. The number of fused-ring (bicyclic) bond motifs is 1. The van der Waals surface area contributed by atoms with E-state index in [1.807, 2.05) is 0 Å². The average Bonchev–Trinajstić information content (AvgIpc) is 3.13. The van der Waals surface area contributed by atoms with Crippen LogP contribution >= 0.6 is 0 Å². The number of hydrogen-bond donors (Lipinski definition) is 0. The molecule has 31 heavy (non-hydrogen) atoms. The van der Waals surface area contributed by atoms with E-state index in [0.29, 0.717) is 41.8 Å². The Morgan fingerprint density at radius 1 is 1.03 bits per heavy atom. The molecule has 1 heterocycles. The van der Waals surface area contributed by atoms with Gasteiger partial charge in [-0.25, -0.2) is 0 Å². The summed E-state index contributed by atoms with van der Waals surface area (Å²) in [5.41, 5.74) is 5.57. The molecule has 1 aromatic rings. The van der Waals surface area contributed by atoms with E-state index in [-0.39, 0.29) is 0 Å². The molecule has 0 bridgehead atoms. The van der Waals surface area contributed by atoms with E-state index in [0.717, 1.165) is 6.42 Å². The van der Waals surface area contributed by atoms with E-state index < -0.39 is 0 Å². The number of ketones is 1. The summed E-state index contributed by atoms with van der Waals surface area (Å²) in [6.45, 7) is 2.31. The van der Waals surface area contributed by atoms with Crippen LogP contribution in [-0.4, -0.2) is 12.0 Å². The van der Waals surface area contributed by atoms with E-state index in [9.17, 15) is 4.79 Å². The van der Waals surface area contributed by atoms with Crippen LogP contribution in [0, 0.1) is 23.7 Å². The van der Waals surface area contributed by atoms with Crippen LogP contribution in [0.4, 0.5) is 0 Å². The highest BCUT2D eigenvalue weighted by Crippen LogP contribution is 2.44. The van der Waals surface area contributed by atoms with Gasteiger partial charge in [-0.2, -0.15) is 0 Å². The zero-order valence-corrected chi connectivity index (χ0v) is 19.1. The number of aliphatic imine (C=N–C) groups is 1. The lowest BCUT2D eigenvalue weighted by Crippen LogP contribution is -2.18. The van der Waals surface area contributed by atoms with Gasteiger partial charge in [0.2, 0.25) is 0 Å². The first-order valence-corrected chi connectivity index (χ1v) is 12.7. The third-order valence-electron chi connectivity index (χ3n) is 8.20. The molecule has 4 unspecified atom stereocenters. The van der Waals surface area contributed by atoms with Crippen molar-refractivity contribution in [2.75, 3.05) is 0 Å². The summed E-state index contributed by atoms with van der Waals surface area (Å²) in [6, 6.07) is 8.95. The van der Waals surface area contributed by atoms with Crippen molar-refractivity contribution in [1.82, 2.24) is 0 Å². The van der Waals surface area contributed by atoms with Crippen molar-refractivity contribution in [3.8, 4) is 0 Å². The molecule has 0 N–H and O–H groups in total. The van der Waals surface area contributed by atoms with Crippen molar-refractivity contribution >= 4 is 12.0 Å². The van der Waals surface area contributed by atoms with Crippen molar-refractivity contribution in [1.29, 1.82) is 0 Å². The Bertz CT molecular complexity index is 903. The van der Waals surface area contributed by atoms with Crippen LogP contribution in [0.5, 0.6) is 0 Å². The minimum atomic E-state index is 0.427. The highest BCUT2D eigenvalue weighted by molar-refractivity contribution is 5.81. The zero-order valence-electron chi connectivity index (χ0n) is 19.1. The molecule has 164 valence electrons. The number of carbonyl (C=O) groups is 1. The Kier molecular flexibility index (Phi) is 6.25. The number of hydrogen-bond acceptors (Lipinski definition) is 2. The lowest BCUT2D eigenvalue weighted by Gasteiger charge is -2.31. The maximum absolute atomic E-state index is 12.5. The SMILES string of the molecule is CC1C=NC(C2CCCC(c3cccc(CC(=O)CC4CCC4)c3)C2)=C2C=CCC2C1. The van der Waals surface area contributed by atoms with Crippen LogP contribution in [0.15, 0.2) is 52.7 Å². The molecule has 0 spiro atoms. The molecule has 1 aromatic carbocycles. The Hall–Kier alpha value is -1.96. The minimum absolute atomic E-state index is 0.427. The lowest BCUT2D eigenvalue weighted by atomic mass is 9.75. The van der Waals surface area contributed by atoms with Crippen LogP contribution in [0.25, 0.3) is 0 Å². The molecule has 3 aliphatic carbocycles. The third kappa shape index (κ3) is 4.78. The van der Waals surface area contributed by atoms with Crippen molar-refractivity contribution in [2.45, 2.75) is 83.5 Å². The summed E-state index contributed by atoms with van der Waals surface area (Å²) >= 11 is 0. The summed E-state index contributed by atoms with van der Waals surface area (Å²) in [4.78, 5) is 17.6. The van der Waals surface area contributed by atoms with Gasteiger partial charge in [-0.15, -0.1) is 0 Å². The second kappa shape index (κ2) is 9.27. The molecule has 0 radical (unpaired) electrons. The number of rotatable bonds is 6. The second-order valence-electron chi connectivity index (χ2n) is 10.7. The standard InChI is InChI=1S/C29H37NO/c1-20-14-25-11-5-13-28(25)29(30-19-20)26-12-4-10-24(18-26)23-9-3-8-22(15-23)17-27(31)16-21-6-2-7-21/h3,5,8-9,13,15,19-21,24-26H,2,4,6-7,10-12,14,16-18H2,1H3. The number of benzene rings is 1. The molecular formula is C29H37NO. The fourth-order valence-corrected chi connectivity index (χ4v) is 6.29. The van der Waals surface area contributed by atoms with Crippen molar-refractivity contribution in [3.63, 3.8) is 0 Å². The number of allylic oxidation sites excluding steroid dienone is 4. The third-order valence-corrected chi connectivity index (χ3v) is 8.20. The van der Waals surface area contributed by atoms with Gasteiger partial charge in [-0.05, 0) is 72.5 Å². The Labute approximate surface area is 187 Å². The van der Waals surface area contributed by atoms with Gasteiger partial charge in [0.25, 0.3) is 0 Å². The van der Waals surface area contributed by atoms with Crippen molar-refractivity contribution in [3.05, 3.63) is 58.8 Å². The van der Waals surface area contributed by atoms with E-state index in [4.69, 9.17) is 4.99 Å². The molecule has 2 fully saturated rings. The quantitative estimate of drug-likeness (QED) is 0.483. The second-order valence-corrected chi connectivity index (χ2v) is 10.7. The summed E-state index contributed by atoms with van der Waals surface area (Å²) in [7, 11) is 0. The summed E-state index contributed by atoms with van der Waals surface area (Å²) in [6.07, 6.45) is 19.6. The topological polar surface area (TPSA) is 29.4 Å². The first kappa shape index (κ1) is 20.9. The fraction of sp³-hybridized carbons (Fsp3) is 0.586. The molecule has 2 heteroatoms. The Balaban J connectivity index is 1.30.